The minimum atomic E-state index is -1.10. The molecule has 3 N–H and O–H groups in total. The number of fused-ring (bicyclic) bond motifs is 2. The predicted octanol–water partition coefficient (Wildman–Crippen LogP) is 2.04. The van der Waals surface area contributed by atoms with Crippen molar-refractivity contribution >= 4 is 11.0 Å². The van der Waals surface area contributed by atoms with Crippen molar-refractivity contribution in [2.45, 2.75) is 57.6 Å². The van der Waals surface area contributed by atoms with E-state index in [0.29, 0.717) is 49.5 Å². The van der Waals surface area contributed by atoms with Gasteiger partial charge in [0.2, 0.25) is 0 Å². The molecule has 0 saturated heterocycles. The molecule has 4 atom stereocenters. The van der Waals surface area contributed by atoms with Crippen molar-refractivity contribution in [1.29, 1.82) is 0 Å². The SMILES string of the molecule is CCOc1cc(OC2CC(n3ccc4c(C)ncnc43)C(O)C2O)c2c(c1F)CCNC2. The monoisotopic (exact) mass is 442 g/mol. The third kappa shape index (κ3) is 3.41. The molecule has 2 aliphatic rings. The van der Waals surface area contributed by atoms with Gasteiger partial charge in [-0.15, -0.1) is 0 Å². The normalized spacial score (nSPS) is 25.2. The van der Waals surface area contributed by atoms with Gasteiger partial charge in [0.1, 0.15) is 36.0 Å². The second-order valence-corrected chi connectivity index (χ2v) is 8.36. The summed E-state index contributed by atoms with van der Waals surface area (Å²) < 4.78 is 28.5. The zero-order valence-electron chi connectivity index (χ0n) is 18.1. The Morgan fingerprint density at radius 3 is 2.88 bits per heavy atom. The van der Waals surface area contributed by atoms with Crippen molar-refractivity contribution in [3.8, 4) is 11.5 Å². The summed E-state index contributed by atoms with van der Waals surface area (Å²) >= 11 is 0. The highest BCUT2D eigenvalue weighted by atomic mass is 19.1. The molecule has 1 aromatic carbocycles. The van der Waals surface area contributed by atoms with Gasteiger partial charge < -0.3 is 29.6 Å². The summed E-state index contributed by atoms with van der Waals surface area (Å²) in [6.07, 6.45) is 1.45. The summed E-state index contributed by atoms with van der Waals surface area (Å²) in [5.41, 5.74) is 2.87. The smallest absolute Gasteiger partial charge is 0.168 e. The number of hydrogen-bond donors (Lipinski definition) is 3. The van der Waals surface area contributed by atoms with Crippen LogP contribution in [0.4, 0.5) is 4.39 Å². The lowest BCUT2D eigenvalue weighted by molar-refractivity contribution is -0.0167. The molecule has 0 radical (unpaired) electrons. The van der Waals surface area contributed by atoms with Crippen LogP contribution in [0.3, 0.4) is 0 Å². The summed E-state index contributed by atoms with van der Waals surface area (Å²) in [6.45, 7) is 5.19. The molecule has 1 fully saturated rings. The fraction of sp³-hybridized carbons (Fsp3) is 0.478. The maximum absolute atomic E-state index is 14.9. The lowest BCUT2D eigenvalue weighted by Gasteiger charge is -2.26. The van der Waals surface area contributed by atoms with Crippen LogP contribution in [0.25, 0.3) is 11.0 Å². The summed E-state index contributed by atoms with van der Waals surface area (Å²) in [6, 6.07) is 3.05. The van der Waals surface area contributed by atoms with Crippen LogP contribution >= 0.6 is 0 Å². The first kappa shape index (κ1) is 21.1. The number of aryl methyl sites for hydroxylation is 1. The highest BCUT2D eigenvalue weighted by Crippen LogP contribution is 2.39. The number of ether oxygens (including phenoxy) is 2. The van der Waals surface area contributed by atoms with Crippen LogP contribution in [-0.4, -0.2) is 56.2 Å². The van der Waals surface area contributed by atoms with E-state index in [2.05, 4.69) is 15.3 Å². The molecular weight excluding hydrogens is 415 g/mol. The van der Waals surface area contributed by atoms with Crippen molar-refractivity contribution in [2.75, 3.05) is 13.2 Å². The zero-order valence-corrected chi connectivity index (χ0v) is 18.1. The molecule has 0 amide bonds. The van der Waals surface area contributed by atoms with Crippen molar-refractivity contribution in [3.63, 3.8) is 0 Å². The lowest BCUT2D eigenvalue weighted by Crippen LogP contribution is -2.35. The minimum Gasteiger partial charge on any atom is -0.491 e. The summed E-state index contributed by atoms with van der Waals surface area (Å²) in [7, 11) is 0. The Kier molecular flexibility index (Phi) is 5.48. The van der Waals surface area contributed by atoms with E-state index in [1.165, 1.54) is 6.33 Å². The molecular formula is C23H27FN4O4. The second-order valence-electron chi connectivity index (χ2n) is 8.36. The molecule has 32 heavy (non-hydrogen) atoms. The van der Waals surface area contributed by atoms with Gasteiger partial charge in [0.25, 0.3) is 0 Å². The first-order valence-corrected chi connectivity index (χ1v) is 11.0. The molecule has 1 saturated carbocycles. The topological polar surface area (TPSA) is 102 Å². The van der Waals surface area contributed by atoms with Gasteiger partial charge in [-0.05, 0) is 32.9 Å². The number of halogens is 1. The van der Waals surface area contributed by atoms with E-state index < -0.39 is 24.4 Å². The Hall–Kier alpha value is -2.75. The summed E-state index contributed by atoms with van der Waals surface area (Å²) in [4.78, 5) is 8.58. The number of aliphatic hydroxyl groups excluding tert-OH is 2. The highest BCUT2D eigenvalue weighted by molar-refractivity contribution is 5.78. The van der Waals surface area contributed by atoms with Gasteiger partial charge in [0, 0.05) is 41.7 Å². The first-order chi connectivity index (χ1) is 15.5. The lowest BCUT2D eigenvalue weighted by atomic mass is 9.98. The van der Waals surface area contributed by atoms with Crippen LogP contribution in [0.5, 0.6) is 11.5 Å². The fourth-order valence-corrected chi connectivity index (χ4v) is 4.83. The summed E-state index contributed by atoms with van der Waals surface area (Å²) in [5.74, 6) is 0.273. The van der Waals surface area contributed by atoms with Crippen LogP contribution in [0, 0.1) is 12.7 Å². The van der Waals surface area contributed by atoms with Crippen LogP contribution in [0.1, 0.15) is 36.2 Å². The molecule has 9 heteroatoms. The van der Waals surface area contributed by atoms with Gasteiger partial charge in [-0.1, -0.05) is 0 Å². The quantitative estimate of drug-likeness (QED) is 0.556. The van der Waals surface area contributed by atoms with E-state index in [0.717, 1.165) is 16.6 Å². The van der Waals surface area contributed by atoms with Crippen molar-refractivity contribution < 1.29 is 24.1 Å². The third-order valence-corrected chi connectivity index (χ3v) is 6.50. The van der Waals surface area contributed by atoms with Crippen molar-refractivity contribution in [3.05, 3.63) is 47.3 Å². The molecule has 5 rings (SSSR count). The van der Waals surface area contributed by atoms with Crippen LogP contribution < -0.4 is 14.8 Å². The van der Waals surface area contributed by atoms with Gasteiger partial charge >= 0.3 is 0 Å². The molecule has 0 spiro atoms. The van der Waals surface area contributed by atoms with Gasteiger partial charge in [0.15, 0.2) is 11.6 Å². The van der Waals surface area contributed by atoms with Gasteiger partial charge in [-0.3, -0.25) is 0 Å². The Morgan fingerprint density at radius 1 is 1.22 bits per heavy atom. The molecule has 170 valence electrons. The van der Waals surface area contributed by atoms with Gasteiger partial charge in [-0.2, -0.15) is 0 Å². The number of nitrogens with one attached hydrogen (secondary N) is 1. The number of hydrogen-bond acceptors (Lipinski definition) is 7. The molecule has 8 nitrogen and oxygen atoms in total. The van der Waals surface area contributed by atoms with Crippen molar-refractivity contribution in [1.82, 2.24) is 19.9 Å². The molecule has 0 bridgehead atoms. The molecule has 4 unspecified atom stereocenters. The van der Waals surface area contributed by atoms with E-state index in [9.17, 15) is 14.6 Å². The zero-order chi connectivity index (χ0) is 22.4. The molecule has 3 heterocycles. The van der Waals surface area contributed by atoms with E-state index in [4.69, 9.17) is 9.47 Å². The fourth-order valence-electron chi connectivity index (χ4n) is 4.83. The standard InChI is InChI=1S/C23H27FN4O4/c1-3-31-18-9-17(15-10-25-6-4-14(15)20(18)24)32-19-8-16(21(29)22(19)30)28-7-5-13-12(2)26-11-27-23(13)28/h5,7,9,11,16,19,21-22,25,29-30H,3-4,6,8,10H2,1-2H3. The maximum Gasteiger partial charge on any atom is 0.168 e. The van der Waals surface area contributed by atoms with Gasteiger partial charge in [0.05, 0.1) is 18.3 Å². The molecule has 2 aromatic heterocycles. The molecule has 3 aromatic rings. The number of benzene rings is 1. The largest absolute Gasteiger partial charge is 0.491 e. The number of rotatable bonds is 5. The number of nitrogens with zero attached hydrogens (tertiary/aromatic N) is 3. The Balaban J connectivity index is 1.46. The Labute approximate surface area is 185 Å². The minimum absolute atomic E-state index is 0.149. The number of aromatic nitrogens is 3. The van der Waals surface area contributed by atoms with E-state index in [-0.39, 0.29) is 11.6 Å². The van der Waals surface area contributed by atoms with E-state index in [1.54, 1.807) is 13.0 Å². The van der Waals surface area contributed by atoms with Gasteiger partial charge in [-0.25, -0.2) is 14.4 Å². The van der Waals surface area contributed by atoms with Crippen LogP contribution in [0.2, 0.25) is 0 Å². The van der Waals surface area contributed by atoms with Crippen molar-refractivity contribution in [2.24, 2.45) is 0 Å². The van der Waals surface area contributed by atoms with Crippen LogP contribution in [-0.2, 0) is 13.0 Å². The van der Waals surface area contributed by atoms with E-state index >= 15 is 0 Å². The molecule has 1 aliphatic heterocycles. The molecule has 1 aliphatic carbocycles. The first-order valence-electron chi connectivity index (χ1n) is 11.0. The number of aliphatic hydroxyl groups is 2. The van der Waals surface area contributed by atoms with Crippen LogP contribution in [0.15, 0.2) is 24.7 Å². The highest BCUT2D eigenvalue weighted by Gasteiger charge is 2.45. The average molecular weight is 442 g/mol. The van der Waals surface area contributed by atoms with E-state index in [1.807, 2.05) is 23.8 Å². The Morgan fingerprint density at radius 2 is 2.06 bits per heavy atom. The maximum atomic E-state index is 14.9. The Bertz CT molecular complexity index is 1150. The average Bonchev–Trinajstić information content (AvgIpc) is 3.34. The summed E-state index contributed by atoms with van der Waals surface area (Å²) in [5, 5.41) is 25.8. The third-order valence-electron chi connectivity index (χ3n) is 6.50. The second kappa shape index (κ2) is 8.31. The predicted molar refractivity (Wildman–Crippen MR) is 115 cm³/mol.